The third kappa shape index (κ3) is 3.19. The second-order valence-corrected chi connectivity index (χ2v) is 4.90. The molecular formula is C14H23N3. The molecule has 0 spiro atoms. The highest BCUT2D eigenvalue weighted by molar-refractivity contribution is 5.52. The van der Waals surface area contributed by atoms with Crippen LogP contribution in [0.2, 0.25) is 0 Å². The molecule has 94 valence electrons. The third-order valence-corrected chi connectivity index (χ3v) is 3.44. The fourth-order valence-corrected chi connectivity index (χ4v) is 2.53. The normalized spacial score (nSPS) is 20.6. The van der Waals surface area contributed by atoms with Gasteiger partial charge in [0, 0.05) is 37.2 Å². The largest absolute Gasteiger partial charge is 0.370 e. The zero-order chi connectivity index (χ0) is 12.1. The molecule has 1 atom stereocenters. The molecule has 3 nitrogen and oxygen atoms in total. The Morgan fingerprint density at radius 1 is 1.53 bits per heavy atom. The first kappa shape index (κ1) is 12.4. The molecule has 0 saturated carbocycles. The van der Waals surface area contributed by atoms with Crippen LogP contribution < -0.4 is 10.2 Å². The van der Waals surface area contributed by atoms with E-state index in [1.807, 2.05) is 12.4 Å². The number of pyridine rings is 1. The monoisotopic (exact) mass is 233 g/mol. The predicted octanol–water partition coefficient (Wildman–Crippen LogP) is 2.36. The highest BCUT2D eigenvalue weighted by Crippen LogP contribution is 2.22. The minimum atomic E-state index is 0.649. The molecule has 0 bridgehead atoms. The molecule has 0 amide bonds. The zero-order valence-electron chi connectivity index (χ0n) is 10.9. The average Bonchev–Trinajstić information content (AvgIpc) is 2.37. The highest BCUT2D eigenvalue weighted by Gasteiger charge is 2.20. The molecule has 1 aromatic rings. The van der Waals surface area contributed by atoms with Gasteiger partial charge in [0.1, 0.15) is 0 Å². The molecule has 2 heterocycles. The second kappa shape index (κ2) is 6.01. The summed E-state index contributed by atoms with van der Waals surface area (Å²) in [6.07, 6.45) is 7.65. The first-order valence-electron chi connectivity index (χ1n) is 6.70. The Hall–Kier alpha value is -1.09. The number of nitrogens with zero attached hydrogens (tertiary/aromatic N) is 2. The van der Waals surface area contributed by atoms with Crippen LogP contribution in [-0.4, -0.2) is 30.7 Å². The topological polar surface area (TPSA) is 28.2 Å². The van der Waals surface area contributed by atoms with Crippen molar-refractivity contribution in [3.63, 3.8) is 0 Å². The van der Waals surface area contributed by atoms with Crippen molar-refractivity contribution in [1.82, 2.24) is 10.3 Å². The van der Waals surface area contributed by atoms with Crippen molar-refractivity contribution < 1.29 is 0 Å². The van der Waals surface area contributed by atoms with Crippen LogP contribution in [0.5, 0.6) is 0 Å². The van der Waals surface area contributed by atoms with Gasteiger partial charge in [0.2, 0.25) is 0 Å². The highest BCUT2D eigenvalue weighted by atomic mass is 15.2. The Labute approximate surface area is 104 Å². The minimum absolute atomic E-state index is 0.649. The summed E-state index contributed by atoms with van der Waals surface area (Å²) in [5, 5.41) is 3.63. The fraction of sp³-hybridized carbons (Fsp3) is 0.643. The van der Waals surface area contributed by atoms with Crippen LogP contribution in [0.25, 0.3) is 0 Å². The van der Waals surface area contributed by atoms with Gasteiger partial charge in [-0.05, 0) is 44.4 Å². The fourth-order valence-electron chi connectivity index (χ4n) is 2.53. The van der Waals surface area contributed by atoms with E-state index in [-0.39, 0.29) is 0 Å². The lowest BCUT2D eigenvalue weighted by molar-refractivity contribution is 0.423. The summed E-state index contributed by atoms with van der Waals surface area (Å²) < 4.78 is 0. The van der Waals surface area contributed by atoms with E-state index in [1.54, 1.807) is 0 Å². The molecule has 1 aliphatic rings. The van der Waals surface area contributed by atoms with E-state index < -0.39 is 0 Å². The first-order valence-corrected chi connectivity index (χ1v) is 6.70. The van der Waals surface area contributed by atoms with Crippen molar-refractivity contribution in [3.8, 4) is 0 Å². The number of piperidine rings is 1. The lowest BCUT2D eigenvalue weighted by atomic mass is 10.0. The zero-order valence-corrected chi connectivity index (χ0v) is 10.9. The van der Waals surface area contributed by atoms with Gasteiger partial charge in [-0.25, -0.2) is 0 Å². The molecule has 1 saturated heterocycles. The summed E-state index contributed by atoms with van der Waals surface area (Å²) in [6.45, 7) is 7.81. The summed E-state index contributed by atoms with van der Waals surface area (Å²) in [5.74, 6) is 0. The number of hydrogen-bond acceptors (Lipinski definition) is 3. The number of aryl methyl sites for hydroxylation is 1. The van der Waals surface area contributed by atoms with Crippen LogP contribution in [0.1, 0.15) is 31.7 Å². The van der Waals surface area contributed by atoms with Crippen molar-refractivity contribution in [2.75, 3.05) is 24.5 Å². The van der Waals surface area contributed by atoms with Crippen LogP contribution in [0.4, 0.5) is 5.69 Å². The van der Waals surface area contributed by atoms with E-state index >= 15 is 0 Å². The number of aromatic nitrogens is 1. The molecule has 1 aliphatic heterocycles. The van der Waals surface area contributed by atoms with Gasteiger partial charge in [-0.1, -0.05) is 6.92 Å². The minimum Gasteiger partial charge on any atom is -0.370 e. The quantitative estimate of drug-likeness (QED) is 0.865. The molecule has 17 heavy (non-hydrogen) atoms. The second-order valence-electron chi connectivity index (χ2n) is 4.90. The molecule has 0 aliphatic carbocycles. The molecule has 1 N–H and O–H groups in total. The van der Waals surface area contributed by atoms with E-state index in [4.69, 9.17) is 0 Å². The Morgan fingerprint density at radius 2 is 2.41 bits per heavy atom. The van der Waals surface area contributed by atoms with Crippen LogP contribution in [0, 0.1) is 6.92 Å². The number of hydrogen-bond donors (Lipinski definition) is 1. The number of nitrogens with one attached hydrogen (secondary N) is 1. The van der Waals surface area contributed by atoms with Gasteiger partial charge in [0.15, 0.2) is 0 Å². The molecule has 1 fully saturated rings. The first-order chi connectivity index (χ1) is 8.31. The molecule has 3 heteroatoms. The van der Waals surface area contributed by atoms with Crippen molar-refractivity contribution in [2.45, 2.75) is 39.2 Å². The van der Waals surface area contributed by atoms with E-state index in [0.29, 0.717) is 6.04 Å². The van der Waals surface area contributed by atoms with Crippen molar-refractivity contribution >= 4 is 5.69 Å². The Bertz CT molecular complexity index is 351. The van der Waals surface area contributed by atoms with Gasteiger partial charge in [0.05, 0.1) is 0 Å². The predicted molar refractivity (Wildman–Crippen MR) is 72.5 cm³/mol. The van der Waals surface area contributed by atoms with Gasteiger partial charge >= 0.3 is 0 Å². The summed E-state index contributed by atoms with van der Waals surface area (Å²) in [7, 11) is 0. The molecule has 2 rings (SSSR count). The van der Waals surface area contributed by atoms with E-state index in [0.717, 1.165) is 13.1 Å². The Balaban J connectivity index is 1.99. The maximum absolute atomic E-state index is 4.17. The van der Waals surface area contributed by atoms with Gasteiger partial charge < -0.3 is 10.2 Å². The molecule has 0 aromatic carbocycles. The summed E-state index contributed by atoms with van der Waals surface area (Å²) in [6, 6.07) is 2.79. The molecule has 1 aromatic heterocycles. The van der Waals surface area contributed by atoms with Crippen LogP contribution in [0.15, 0.2) is 18.5 Å². The maximum atomic E-state index is 4.17. The van der Waals surface area contributed by atoms with Crippen LogP contribution in [-0.2, 0) is 0 Å². The van der Waals surface area contributed by atoms with Crippen LogP contribution in [0.3, 0.4) is 0 Å². The van der Waals surface area contributed by atoms with Crippen molar-refractivity contribution in [3.05, 3.63) is 24.0 Å². The van der Waals surface area contributed by atoms with Gasteiger partial charge in [0.25, 0.3) is 0 Å². The molecule has 0 radical (unpaired) electrons. The van der Waals surface area contributed by atoms with Gasteiger partial charge in [-0.2, -0.15) is 0 Å². The SMILES string of the molecule is CCCNC1CCCN(c2ccncc2C)C1. The van der Waals surface area contributed by atoms with E-state index in [9.17, 15) is 0 Å². The molecular weight excluding hydrogens is 210 g/mol. The Kier molecular flexibility index (Phi) is 4.37. The van der Waals surface area contributed by atoms with Crippen LogP contribution >= 0.6 is 0 Å². The van der Waals surface area contributed by atoms with E-state index in [2.05, 4.69) is 35.1 Å². The van der Waals surface area contributed by atoms with Gasteiger partial charge in [-0.3, -0.25) is 4.98 Å². The number of anilines is 1. The summed E-state index contributed by atoms with van der Waals surface area (Å²) >= 11 is 0. The number of rotatable bonds is 4. The van der Waals surface area contributed by atoms with E-state index in [1.165, 1.54) is 37.1 Å². The third-order valence-electron chi connectivity index (χ3n) is 3.44. The standard InChI is InChI=1S/C14H23N3/c1-3-7-16-13-5-4-9-17(11-13)14-6-8-15-10-12(14)2/h6,8,10,13,16H,3-5,7,9,11H2,1-2H3. The Morgan fingerprint density at radius 3 is 3.18 bits per heavy atom. The lowest BCUT2D eigenvalue weighted by Crippen LogP contribution is -2.46. The lowest BCUT2D eigenvalue weighted by Gasteiger charge is -2.35. The van der Waals surface area contributed by atoms with Crippen molar-refractivity contribution in [1.29, 1.82) is 0 Å². The van der Waals surface area contributed by atoms with Gasteiger partial charge in [-0.15, -0.1) is 0 Å². The summed E-state index contributed by atoms with van der Waals surface area (Å²) in [5.41, 5.74) is 2.63. The summed E-state index contributed by atoms with van der Waals surface area (Å²) in [4.78, 5) is 6.66. The van der Waals surface area contributed by atoms with Crippen molar-refractivity contribution in [2.24, 2.45) is 0 Å². The smallest absolute Gasteiger partial charge is 0.0427 e. The molecule has 1 unspecified atom stereocenters. The average molecular weight is 233 g/mol. The maximum Gasteiger partial charge on any atom is 0.0427 e.